The highest BCUT2D eigenvalue weighted by molar-refractivity contribution is 8.01. The lowest BCUT2D eigenvalue weighted by molar-refractivity contribution is -0.137. The average molecular weight is 498 g/mol. The Hall–Kier alpha value is -1.61. The van der Waals surface area contributed by atoms with Crippen LogP contribution in [0.25, 0.3) is 10.6 Å². The van der Waals surface area contributed by atoms with Crippen molar-refractivity contribution in [1.82, 2.24) is 15.1 Å². The molecule has 0 N–H and O–H groups in total. The second-order valence-corrected chi connectivity index (χ2v) is 10.6. The van der Waals surface area contributed by atoms with Crippen molar-refractivity contribution in [2.75, 3.05) is 25.4 Å². The third-order valence-corrected chi connectivity index (χ3v) is 8.47. The number of likely N-dealkylation sites (tertiary alicyclic amines) is 1. The Labute approximate surface area is 199 Å². The number of rotatable bonds is 7. The molecule has 0 bridgehead atoms. The second kappa shape index (κ2) is 9.33. The zero-order chi connectivity index (χ0) is 21.5. The Morgan fingerprint density at radius 1 is 1.06 bits per heavy atom. The van der Waals surface area contributed by atoms with E-state index in [2.05, 4.69) is 15.1 Å². The van der Waals surface area contributed by atoms with Crippen LogP contribution in [0.15, 0.2) is 58.9 Å². The van der Waals surface area contributed by atoms with Crippen LogP contribution in [0, 0.1) is 5.92 Å². The molecule has 2 heterocycles. The lowest BCUT2D eigenvalue weighted by Crippen LogP contribution is -2.28. The predicted molar refractivity (Wildman–Crippen MR) is 126 cm³/mol. The first-order chi connectivity index (χ1) is 14.9. The lowest BCUT2D eigenvalue weighted by atomic mass is 9.94. The van der Waals surface area contributed by atoms with Crippen molar-refractivity contribution in [2.24, 2.45) is 5.92 Å². The molecule has 9 heteroatoms. The quantitative estimate of drug-likeness (QED) is 0.279. The zero-order valence-electron chi connectivity index (χ0n) is 17.2. The Balaban J connectivity index is 0.00000245. The number of alkyl halides is 3. The van der Waals surface area contributed by atoms with Crippen LogP contribution in [0.3, 0.4) is 0 Å². The van der Waals surface area contributed by atoms with Gasteiger partial charge in [-0.2, -0.15) is 13.2 Å². The van der Waals surface area contributed by atoms with Crippen molar-refractivity contribution in [3.05, 3.63) is 65.7 Å². The topological polar surface area (TPSA) is 29.0 Å². The molecule has 170 valence electrons. The number of thioether (sulfide) groups is 1. The summed E-state index contributed by atoms with van der Waals surface area (Å²) in [6, 6.07) is 15.9. The largest absolute Gasteiger partial charge is 0.416 e. The molecule has 1 saturated carbocycles. The fourth-order valence-corrected chi connectivity index (χ4v) is 6.46. The van der Waals surface area contributed by atoms with E-state index in [1.54, 1.807) is 35.2 Å². The van der Waals surface area contributed by atoms with Gasteiger partial charge in [0.25, 0.3) is 0 Å². The van der Waals surface area contributed by atoms with E-state index < -0.39 is 11.7 Å². The van der Waals surface area contributed by atoms with E-state index in [1.807, 2.05) is 30.3 Å². The average Bonchev–Trinajstić information content (AvgIpc) is 3.11. The van der Waals surface area contributed by atoms with E-state index in [0.717, 1.165) is 58.7 Å². The van der Waals surface area contributed by atoms with Crippen molar-refractivity contribution in [3.63, 3.8) is 0 Å². The molecule has 2 aliphatic rings. The molecule has 3 aromatic rings. The number of hydrogen-bond acceptors (Lipinski definition) is 5. The van der Waals surface area contributed by atoms with E-state index in [9.17, 15) is 13.2 Å². The standard InChI is InChI=1S/C23H22F3N3S2.ClH/c24-23(25,26)18-9-7-17(8-10-18)22-13-19(22)14-29(15-22)11-4-12-30-21-28-27-20(31-21)16-5-2-1-3-6-16;/h1-3,5-10,19H,4,11-15H2;1H/t19-,22+;/m0./s1. The van der Waals surface area contributed by atoms with E-state index in [4.69, 9.17) is 0 Å². The third-order valence-electron chi connectivity index (χ3n) is 6.27. The van der Waals surface area contributed by atoms with Crippen LogP contribution in [0.2, 0.25) is 0 Å². The van der Waals surface area contributed by atoms with Crippen molar-refractivity contribution in [3.8, 4) is 10.6 Å². The Morgan fingerprint density at radius 2 is 1.81 bits per heavy atom. The predicted octanol–water partition coefficient (Wildman–Crippen LogP) is 6.40. The molecule has 1 aliphatic heterocycles. The summed E-state index contributed by atoms with van der Waals surface area (Å²) in [4.78, 5) is 2.46. The number of benzene rings is 2. The highest BCUT2D eigenvalue weighted by atomic mass is 35.5. The molecule has 0 unspecified atom stereocenters. The normalized spacial score (nSPS) is 22.4. The highest BCUT2D eigenvalue weighted by Crippen LogP contribution is 2.59. The minimum absolute atomic E-state index is 0. The maximum Gasteiger partial charge on any atom is 0.416 e. The summed E-state index contributed by atoms with van der Waals surface area (Å²) in [5, 5.41) is 9.53. The second-order valence-electron chi connectivity index (χ2n) is 8.31. The van der Waals surface area contributed by atoms with Crippen molar-refractivity contribution >= 4 is 35.5 Å². The summed E-state index contributed by atoms with van der Waals surface area (Å²) >= 11 is 3.36. The molecule has 2 atom stereocenters. The fourth-order valence-electron chi connectivity index (χ4n) is 4.61. The van der Waals surface area contributed by atoms with Gasteiger partial charge in [-0.3, -0.25) is 0 Å². The zero-order valence-corrected chi connectivity index (χ0v) is 19.7. The van der Waals surface area contributed by atoms with Crippen LogP contribution in [-0.2, 0) is 11.6 Å². The molecule has 32 heavy (non-hydrogen) atoms. The monoisotopic (exact) mass is 497 g/mol. The number of piperidine rings is 1. The number of nitrogens with zero attached hydrogens (tertiary/aromatic N) is 3. The summed E-state index contributed by atoms with van der Waals surface area (Å²) in [6.45, 7) is 3.00. The third kappa shape index (κ3) is 4.83. The summed E-state index contributed by atoms with van der Waals surface area (Å²) in [6.07, 6.45) is -2.12. The van der Waals surface area contributed by atoms with Gasteiger partial charge in [0.2, 0.25) is 0 Å². The highest BCUT2D eigenvalue weighted by Gasteiger charge is 2.60. The number of halogens is 4. The fraction of sp³-hybridized carbons (Fsp3) is 0.391. The molecule has 1 aromatic heterocycles. The van der Waals surface area contributed by atoms with Gasteiger partial charge in [-0.25, -0.2) is 0 Å². The van der Waals surface area contributed by atoms with Gasteiger partial charge >= 0.3 is 6.18 Å². The minimum Gasteiger partial charge on any atom is -0.302 e. The molecule has 2 fully saturated rings. The van der Waals surface area contributed by atoms with Gasteiger partial charge in [0.05, 0.1) is 5.56 Å². The summed E-state index contributed by atoms with van der Waals surface area (Å²) in [5.41, 5.74) is 1.66. The molecule has 0 amide bonds. The van der Waals surface area contributed by atoms with Crippen LogP contribution in [0.5, 0.6) is 0 Å². The number of aromatic nitrogens is 2. The summed E-state index contributed by atoms with van der Waals surface area (Å²) in [7, 11) is 0. The molecule has 1 saturated heterocycles. The molecule has 2 aromatic carbocycles. The molecular formula is C23H23ClF3N3S2. The van der Waals surface area contributed by atoms with Gasteiger partial charge in [-0.1, -0.05) is 65.6 Å². The van der Waals surface area contributed by atoms with Crippen LogP contribution in [0.4, 0.5) is 13.2 Å². The molecule has 5 rings (SSSR count). The molecule has 0 radical (unpaired) electrons. The van der Waals surface area contributed by atoms with Crippen LogP contribution in [-0.4, -0.2) is 40.5 Å². The summed E-state index contributed by atoms with van der Waals surface area (Å²) in [5.74, 6) is 1.56. The van der Waals surface area contributed by atoms with Crippen molar-refractivity contribution in [2.45, 2.75) is 28.8 Å². The van der Waals surface area contributed by atoms with E-state index >= 15 is 0 Å². The smallest absolute Gasteiger partial charge is 0.302 e. The Kier molecular flexibility index (Phi) is 6.86. The van der Waals surface area contributed by atoms with Gasteiger partial charge in [-0.15, -0.1) is 22.6 Å². The van der Waals surface area contributed by atoms with Gasteiger partial charge in [0.15, 0.2) is 4.34 Å². The molecule has 0 spiro atoms. The van der Waals surface area contributed by atoms with Gasteiger partial charge in [-0.05, 0) is 43.0 Å². The number of hydrogen-bond donors (Lipinski definition) is 0. The van der Waals surface area contributed by atoms with Crippen LogP contribution < -0.4 is 0 Å². The Bertz CT molecular complexity index is 1040. The maximum absolute atomic E-state index is 12.8. The van der Waals surface area contributed by atoms with E-state index in [0.29, 0.717) is 5.92 Å². The SMILES string of the molecule is Cl.FC(F)(F)c1ccc([C@]23C[C@H]2CN(CCCSc2nnc(-c4ccccc4)s2)C3)cc1. The minimum atomic E-state index is -4.27. The first-order valence-electron chi connectivity index (χ1n) is 10.4. The molecule has 3 nitrogen and oxygen atoms in total. The van der Waals surface area contributed by atoms with Gasteiger partial charge in [0.1, 0.15) is 5.01 Å². The first kappa shape index (κ1) is 23.5. The number of fused-ring (bicyclic) bond motifs is 1. The lowest BCUT2D eigenvalue weighted by Gasteiger charge is -2.21. The maximum atomic E-state index is 12.8. The summed E-state index contributed by atoms with van der Waals surface area (Å²) < 4.78 is 39.5. The van der Waals surface area contributed by atoms with Gasteiger partial charge in [0, 0.05) is 29.8 Å². The van der Waals surface area contributed by atoms with Gasteiger partial charge < -0.3 is 4.90 Å². The van der Waals surface area contributed by atoms with Crippen LogP contribution >= 0.6 is 35.5 Å². The van der Waals surface area contributed by atoms with Crippen LogP contribution in [0.1, 0.15) is 24.0 Å². The molecule has 1 aliphatic carbocycles. The Morgan fingerprint density at radius 3 is 2.53 bits per heavy atom. The first-order valence-corrected chi connectivity index (χ1v) is 12.2. The molecular weight excluding hydrogens is 475 g/mol. The van der Waals surface area contributed by atoms with Crippen molar-refractivity contribution in [1.29, 1.82) is 0 Å². The van der Waals surface area contributed by atoms with Crippen molar-refractivity contribution < 1.29 is 13.2 Å². The van der Waals surface area contributed by atoms with E-state index in [1.165, 1.54) is 12.1 Å². The van der Waals surface area contributed by atoms with E-state index in [-0.39, 0.29) is 17.8 Å².